The largest absolute Gasteiger partial charge is 0.362 e. The molecule has 3 rings (SSSR count). The fraction of sp³-hybridized carbons (Fsp3) is 0.250. The fourth-order valence-corrected chi connectivity index (χ4v) is 3.45. The monoisotopic (exact) mass is 374 g/mol. The van der Waals surface area contributed by atoms with Crippen LogP contribution < -0.4 is 10.3 Å². The molecule has 0 atom stereocenters. The first-order valence-corrected chi connectivity index (χ1v) is 9.57. The molecule has 4 heteroatoms. The molecular formula is C24H26N2O2. The molecular weight excluding hydrogens is 348 g/mol. The maximum atomic E-state index is 13.6. The SMILES string of the molecule is CCc1[nH]c(C)cc(=O)c1C(=O)N(Cc1ccccc1)c1cccc(C)c1C. The van der Waals surface area contributed by atoms with Gasteiger partial charge in [0.2, 0.25) is 0 Å². The van der Waals surface area contributed by atoms with Gasteiger partial charge in [0.25, 0.3) is 5.91 Å². The number of aryl methyl sites for hydroxylation is 3. The van der Waals surface area contributed by atoms with E-state index in [2.05, 4.69) is 4.98 Å². The van der Waals surface area contributed by atoms with E-state index in [1.165, 1.54) is 6.07 Å². The number of aromatic nitrogens is 1. The van der Waals surface area contributed by atoms with Gasteiger partial charge >= 0.3 is 0 Å². The number of anilines is 1. The van der Waals surface area contributed by atoms with Crippen LogP contribution in [0.2, 0.25) is 0 Å². The van der Waals surface area contributed by atoms with Gasteiger partial charge in [-0.3, -0.25) is 9.59 Å². The number of pyridine rings is 1. The predicted octanol–water partition coefficient (Wildman–Crippen LogP) is 4.71. The minimum atomic E-state index is -0.268. The summed E-state index contributed by atoms with van der Waals surface area (Å²) in [6.07, 6.45) is 0.587. The van der Waals surface area contributed by atoms with Crippen molar-refractivity contribution in [1.82, 2.24) is 4.98 Å². The van der Waals surface area contributed by atoms with E-state index in [4.69, 9.17) is 0 Å². The molecule has 0 saturated heterocycles. The molecule has 0 aliphatic heterocycles. The highest BCUT2D eigenvalue weighted by atomic mass is 16.2. The zero-order valence-corrected chi connectivity index (χ0v) is 16.9. The lowest BCUT2D eigenvalue weighted by molar-refractivity contribution is 0.0982. The van der Waals surface area contributed by atoms with Crippen molar-refractivity contribution in [1.29, 1.82) is 0 Å². The van der Waals surface area contributed by atoms with E-state index in [1.54, 1.807) is 4.90 Å². The van der Waals surface area contributed by atoms with Crippen LogP contribution in [0.15, 0.2) is 59.4 Å². The van der Waals surface area contributed by atoms with Gasteiger partial charge in [-0.05, 0) is 49.9 Å². The third kappa shape index (κ3) is 3.91. The predicted molar refractivity (Wildman–Crippen MR) is 114 cm³/mol. The number of carbonyl (C=O) groups is 1. The maximum absolute atomic E-state index is 13.6. The maximum Gasteiger partial charge on any atom is 0.264 e. The Bertz CT molecular complexity index is 1050. The van der Waals surface area contributed by atoms with Gasteiger partial charge in [0.1, 0.15) is 5.56 Å². The summed E-state index contributed by atoms with van der Waals surface area (Å²) in [5, 5.41) is 0. The van der Waals surface area contributed by atoms with Crippen molar-refractivity contribution in [3.63, 3.8) is 0 Å². The van der Waals surface area contributed by atoms with E-state index in [1.807, 2.05) is 76.2 Å². The smallest absolute Gasteiger partial charge is 0.264 e. The van der Waals surface area contributed by atoms with Crippen LogP contribution in [0.3, 0.4) is 0 Å². The Labute approximate surface area is 165 Å². The Morgan fingerprint density at radius 3 is 2.39 bits per heavy atom. The number of amides is 1. The van der Waals surface area contributed by atoms with Crippen molar-refractivity contribution >= 4 is 11.6 Å². The highest BCUT2D eigenvalue weighted by Crippen LogP contribution is 2.26. The highest BCUT2D eigenvalue weighted by molar-refractivity contribution is 6.07. The molecule has 0 aliphatic carbocycles. The van der Waals surface area contributed by atoms with Crippen LogP contribution in [-0.4, -0.2) is 10.9 Å². The molecule has 1 N–H and O–H groups in total. The van der Waals surface area contributed by atoms with Crippen molar-refractivity contribution in [2.45, 2.75) is 40.7 Å². The van der Waals surface area contributed by atoms with Crippen LogP contribution in [0.1, 0.15) is 45.4 Å². The topological polar surface area (TPSA) is 53.2 Å². The summed E-state index contributed by atoms with van der Waals surface area (Å²) in [6.45, 7) is 8.22. The summed E-state index contributed by atoms with van der Waals surface area (Å²) in [5.74, 6) is -0.268. The van der Waals surface area contributed by atoms with Crippen molar-refractivity contribution in [3.05, 3.63) is 98.5 Å². The van der Waals surface area contributed by atoms with Crippen LogP contribution in [-0.2, 0) is 13.0 Å². The van der Waals surface area contributed by atoms with Crippen LogP contribution in [0.25, 0.3) is 0 Å². The third-order valence-electron chi connectivity index (χ3n) is 5.11. The van der Waals surface area contributed by atoms with Gasteiger partial charge in [0.05, 0.1) is 6.54 Å². The standard InChI is InChI=1S/C24H26N2O2/c1-5-20-23(22(27)14-17(3)25-20)24(28)26(15-19-11-7-6-8-12-19)21-13-9-10-16(2)18(21)4/h6-14H,5,15H2,1-4H3,(H,25,27). The second-order valence-electron chi connectivity index (χ2n) is 7.12. The molecule has 0 saturated carbocycles. The summed E-state index contributed by atoms with van der Waals surface area (Å²) in [6, 6.07) is 17.3. The Morgan fingerprint density at radius 2 is 1.71 bits per heavy atom. The third-order valence-corrected chi connectivity index (χ3v) is 5.11. The molecule has 1 amide bonds. The molecule has 0 unspecified atom stereocenters. The summed E-state index contributed by atoms with van der Waals surface area (Å²) in [7, 11) is 0. The number of benzene rings is 2. The number of rotatable bonds is 5. The van der Waals surface area contributed by atoms with E-state index in [0.29, 0.717) is 18.7 Å². The lowest BCUT2D eigenvalue weighted by Crippen LogP contribution is -2.36. The first kappa shape index (κ1) is 19.6. The van der Waals surface area contributed by atoms with Gasteiger partial charge in [-0.2, -0.15) is 0 Å². The number of nitrogens with one attached hydrogen (secondary N) is 1. The molecule has 2 aromatic carbocycles. The normalized spacial score (nSPS) is 10.7. The van der Waals surface area contributed by atoms with Gasteiger partial charge in [-0.15, -0.1) is 0 Å². The van der Waals surface area contributed by atoms with Gasteiger partial charge in [-0.25, -0.2) is 0 Å². The molecule has 0 aliphatic rings. The summed E-state index contributed by atoms with van der Waals surface area (Å²) in [5.41, 5.74) is 5.42. The number of nitrogens with zero attached hydrogens (tertiary/aromatic N) is 1. The highest BCUT2D eigenvalue weighted by Gasteiger charge is 2.25. The number of carbonyl (C=O) groups excluding carboxylic acids is 1. The van der Waals surface area contributed by atoms with E-state index < -0.39 is 0 Å². The van der Waals surface area contributed by atoms with Gasteiger partial charge in [-0.1, -0.05) is 49.4 Å². The van der Waals surface area contributed by atoms with Crippen molar-refractivity contribution in [3.8, 4) is 0 Å². The van der Waals surface area contributed by atoms with Crippen molar-refractivity contribution in [2.24, 2.45) is 0 Å². The minimum Gasteiger partial charge on any atom is -0.362 e. The number of hydrogen-bond acceptors (Lipinski definition) is 2. The molecule has 0 fully saturated rings. The first-order chi connectivity index (χ1) is 13.4. The Hall–Kier alpha value is -3.14. The quantitative estimate of drug-likeness (QED) is 0.703. The molecule has 1 aromatic heterocycles. The average Bonchev–Trinajstić information content (AvgIpc) is 2.68. The molecule has 0 spiro atoms. The van der Waals surface area contributed by atoms with Gasteiger partial charge in [0, 0.05) is 23.1 Å². The zero-order chi connectivity index (χ0) is 20.3. The van der Waals surface area contributed by atoms with Crippen LogP contribution in [0.5, 0.6) is 0 Å². The zero-order valence-electron chi connectivity index (χ0n) is 16.9. The summed E-state index contributed by atoms with van der Waals surface area (Å²) in [4.78, 5) is 31.3. The second-order valence-corrected chi connectivity index (χ2v) is 7.12. The fourth-order valence-electron chi connectivity index (χ4n) is 3.45. The van der Waals surface area contributed by atoms with Crippen molar-refractivity contribution < 1.29 is 4.79 Å². The van der Waals surface area contributed by atoms with Crippen LogP contribution >= 0.6 is 0 Å². The lowest BCUT2D eigenvalue weighted by atomic mass is 10.0. The second kappa shape index (κ2) is 8.26. The van der Waals surface area contributed by atoms with E-state index >= 15 is 0 Å². The van der Waals surface area contributed by atoms with Gasteiger partial charge < -0.3 is 9.88 Å². The summed E-state index contributed by atoms with van der Waals surface area (Å²) >= 11 is 0. The number of aromatic amines is 1. The Kier molecular flexibility index (Phi) is 5.78. The Morgan fingerprint density at radius 1 is 1.00 bits per heavy atom. The minimum absolute atomic E-state index is 0.227. The lowest BCUT2D eigenvalue weighted by Gasteiger charge is -2.26. The molecule has 3 aromatic rings. The van der Waals surface area contributed by atoms with Crippen LogP contribution in [0.4, 0.5) is 5.69 Å². The van der Waals surface area contributed by atoms with Gasteiger partial charge in [0.15, 0.2) is 5.43 Å². The Balaban J connectivity index is 2.16. The molecule has 144 valence electrons. The molecule has 1 heterocycles. The first-order valence-electron chi connectivity index (χ1n) is 9.57. The van der Waals surface area contributed by atoms with E-state index in [0.717, 1.165) is 28.1 Å². The number of H-pyrrole nitrogens is 1. The van der Waals surface area contributed by atoms with E-state index in [-0.39, 0.29) is 16.9 Å². The molecule has 28 heavy (non-hydrogen) atoms. The summed E-state index contributed by atoms with van der Waals surface area (Å²) < 4.78 is 0. The molecule has 0 bridgehead atoms. The number of hydrogen-bond donors (Lipinski definition) is 1. The van der Waals surface area contributed by atoms with Crippen molar-refractivity contribution in [2.75, 3.05) is 4.90 Å². The van der Waals surface area contributed by atoms with E-state index in [9.17, 15) is 9.59 Å². The molecule has 0 radical (unpaired) electrons. The van der Waals surface area contributed by atoms with Crippen LogP contribution in [0, 0.1) is 20.8 Å². The average molecular weight is 374 g/mol. The molecule has 4 nitrogen and oxygen atoms in total.